The molecule has 0 bridgehead atoms. The number of hydrogen-bond donors (Lipinski definition) is 4. The lowest BCUT2D eigenvalue weighted by Gasteiger charge is -2.29. The second kappa shape index (κ2) is 10.1. The summed E-state index contributed by atoms with van der Waals surface area (Å²) in [4.78, 5) is 21.1. The summed E-state index contributed by atoms with van der Waals surface area (Å²) in [5, 5.41) is 17.4. The summed E-state index contributed by atoms with van der Waals surface area (Å²) in [5.74, 6) is 0.890. The Labute approximate surface area is 151 Å². The smallest absolute Gasteiger partial charge is 0.303 e. The lowest BCUT2D eigenvalue weighted by atomic mass is 9.77. The molecule has 0 aromatic rings. The molecule has 6 nitrogen and oxygen atoms in total. The van der Waals surface area contributed by atoms with Crippen LogP contribution in [0.5, 0.6) is 0 Å². The summed E-state index contributed by atoms with van der Waals surface area (Å²) >= 11 is 0. The van der Waals surface area contributed by atoms with Crippen molar-refractivity contribution < 1.29 is 19.8 Å². The van der Waals surface area contributed by atoms with Crippen LogP contribution in [-0.2, 0) is 9.59 Å². The van der Waals surface area contributed by atoms with E-state index in [2.05, 4.69) is 13.8 Å². The standard InChI is InChI=1S/C10H17NO2.C9H19NO2/c11-6-10(5-9(12)13)3-7-1-2-8(7)4-10;1-3-7(2)4-8(6-10)5-9(11)12/h7-8H,1-6,11H2,(H,12,13);7-8H,3-6,10H2,1-2H3,(H,11,12)/t;7-,8+/m.1/s1. The Hall–Kier alpha value is -1.14. The van der Waals surface area contributed by atoms with Crippen LogP contribution in [-0.4, -0.2) is 35.2 Å². The zero-order valence-corrected chi connectivity index (χ0v) is 15.7. The van der Waals surface area contributed by atoms with Crippen LogP contribution in [0.3, 0.4) is 0 Å². The third-order valence-electron chi connectivity index (χ3n) is 6.15. The van der Waals surface area contributed by atoms with Gasteiger partial charge in [0.2, 0.25) is 0 Å². The molecule has 0 aromatic carbocycles. The van der Waals surface area contributed by atoms with Crippen molar-refractivity contribution in [2.75, 3.05) is 13.1 Å². The zero-order chi connectivity index (χ0) is 19.0. The molecule has 2 unspecified atom stereocenters. The first-order valence-electron chi connectivity index (χ1n) is 9.59. The summed E-state index contributed by atoms with van der Waals surface area (Å²) < 4.78 is 0. The molecule has 0 aliphatic heterocycles. The molecule has 25 heavy (non-hydrogen) atoms. The van der Waals surface area contributed by atoms with Crippen molar-refractivity contribution in [3.63, 3.8) is 0 Å². The first-order chi connectivity index (χ1) is 11.7. The fraction of sp³-hybridized carbons (Fsp3) is 0.895. The van der Waals surface area contributed by atoms with Crippen molar-refractivity contribution in [3.05, 3.63) is 0 Å². The predicted octanol–water partition coefficient (Wildman–Crippen LogP) is 2.70. The van der Waals surface area contributed by atoms with Gasteiger partial charge in [0.15, 0.2) is 0 Å². The predicted molar refractivity (Wildman–Crippen MR) is 98.1 cm³/mol. The van der Waals surface area contributed by atoms with Gasteiger partial charge < -0.3 is 21.7 Å². The number of rotatable bonds is 9. The molecular weight excluding hydrogens is 320 g/mol. The summed E-state index contributed by atoms with van der Waals surface area (Å²) in [6, 6.07) is 0. The Morgan fingerprint density at radius 2 is 1.68 bits per heavy atom. The lowest BCUT2D eigenvalue weighted by Crippen LogP contribution is -2.30. The van der Waals surface area contributed by atoms with E-state index in [9.17, 15) is 9.59 Å². The van der Waals surface area contributed by atoms with E-state index in [0.717, 1.165) is 37.5 Å². The van der Waals surface area contributed by atoms with E-state index in [1.807, 2.05) is 0 Å². The van der Waals surface area contributed by atoms with E-state index in [0.29, 0.717) is 19.0 Å². The van der Waals surface area contributed by atoms with Crippen LogP contribution < -0.4 is 11.5 Å². The van der Waals surface area contributed by atoms with Crippen LogP contribution in [0, 0.1) is 29.1 Å². The molecule has 0 radical (unpaired) electrons. The van der Waals surface area contributed by atoms with Gasteiger partial charge in [-0.2, -0.15) is 0 Å². The van der Waals surface area contributed by atoms with Crippen LogP contribution in [0.4, 0.5) is 0 Å². The molecule has 2 aliphatic rings. The second-order valence-corrected chi connectivity index (χ2v) is 8.23. The number of carbonyl (C=O) groups is 2. The topological polar surface area (TPSA) is 127 Å². The van der Waals surface area contributed by atoms with Crippen LogP contribution in [0.2, 0.25) is 0 Å². The SMILES string of the molecule is CC[C@@H](C)C[C@H](CN)CC(=O)O.NCC1(CC(=O)O)CC2CCC2C1. The molecule has 146 valence electrons. The van der Waals surface area contributed by atoms with E-state index < -0.39 is 11.9 Å². The van der Waals surface area contributed by atoms with Gasteiger partial charge in [-0.25, -0.2) is 0 Å². The Balaban J connectivity index is 0.000000252. The summed E-state index contributed by atoms with van der Waals surface area (Å²) in [5.41, 5.74) is 11.1. The van der Waals surface area contributed by atoms with E-state index in [4.69, 9.17) is 21.7 Å². The number of aliphatic carboxylic acids is 2. The molecule has 0 saturated heterocycles. The minimum atomic E-state index is -0.742. The quantitative estimate of drug-likeness (QED) is 0.503. The molecule has 6 heteroatoms. The average molecular weight is 357 g/mol. The fourth-order valence-electron chi connectivity index (χ4n) is 4.32. The Bertz CT molecular complexity index is 429. The number of fused-ring (bicyclic) bond motifs is 1. The number of carboxylic acid groups (broad SMARTS) is 2. The summed E-state index contributed by atoms with van der Waals surface area (Å²) in [6.45, 7) is 5.27. The largest absolute Gasteiger partial charge is 0.481 e. The van der Waals surface area contributed by atoms with Gasteiger partial charge in [-0.3, -0.25) is 9.59 Å². The Morgan fingerprint density at radius 3 is 2.00 bits per heavy atom. The van der Waals surface area contributed by atoms with Gasteiger partial charge in [0.1, 0.15) is 0 Å². The number of nitrogens with two attached hydrogens (primary N) is 2. The number of carboxylic acids is 2. The van der Waals surface area contributed by atoms with E-state index in [1.54, 1.807) is 0 Å². The molecule has 6 N–H and O–H groups in total. The molecule has 0 spiro atoms. The van der Waals surface area contributed by atoms with Gasteiger partial charge in [-0.05, 0) is 74.3 Å². The molecule has 2 saturated carbocycles. The van der Waals surface area contributed by atoms with Gasteiger partial charge in [0, 0.05) is 6.42 Å². The van der Waals surface area contributed by atoms with Crippen LogP contribution in [0.15, 0.2) is 0 Å². The van der Waals surface area contributed by atoms with Crippen LogP contribution in [0.1, 0.15) is 65.2 Å². The lowest BCUT2D eigenvalue weighted by molar-refractivity contribution is -0.140. The maximum absolute atomic E-state index is 10.7. The zero-order valence-electron chi connectivity index (χ0n) is 15.7. The first kappa shape index (κ1) is 21.9. The highest BCUT2D eigenvalue weighted by atomic mass is 16.4. The molecule has 2 fully saturated rings. The number of hydrogen-bond acceptors (Lipinski definition) is 4. The van der Waals surface area contributed by atoms with Crippen molar-refractivity contribution >= 4 is 11.9 Å². The normalized spacial score (nSPS) is 29.6. The van der Waals surface area contributed by atoms with Crippen LogP contribution >= 0.6 is 0 Å². The molecular formula is C19H36N2O4. The molecule has 2 rings (SSSR count). The highest BCUT2D eigenvalue weighted by Crippen LogP contribution is 2.56. The highest BCUT2D eigenvalue weighted by molar-refractivity contribution is 5.68. The van der Waals surface area contributed by atoms with Gasteiger partial charge in [-0.15, -0.1) is 0 Å². The highest BCUT2D eigenvalue weighted by Gasteiger charge is 2.49. The van der Waals surface area contributed by atoms with Gasteiger partial charge >= 0.3 is 11.9 Å². The molecule has 0 aromatic heterocycles. The van der Waals surface area contributed by atoms with Gasteiger partial charge in [-0.1, -0.05) is 20.3 Å². The van der Waals surface area contributed by atoms with Gasteiger partial charge in [0.05, 0.1) is 6.42 Å². The third-order valence-corrected chi connectivity index (χ3v) is 6.15. The minimum Gasteiger partial charge on any atom is -0.481 e. The monoisotopic (exact) mass is 356 g/mol. The Morgan fingerprint density at radius 1 is 1.12 bits per heavy atom. The Kier molecular flexibility index (Phi) is 8.86. The summed E-state index contributed by atoms with van der Waals surface area (Å²) in [6.07, 6.45) is 7.21. The van der Waals surface area contributed by atoms with Crippen LogP contribution in [0.25, 0.3) is 0 Å². The maximum Gasteiger partial charge on any atom is 0.303 e. The second-order valence-electron chi connectivity index (χ2n) is 8.23. The first-order valence-corrected chi connectivity index (χ1v) is 9.59. The van der Waals surface area contributed by atoms with Crippen molar-refractivity contribution in [2.45, 2.75) is 65.2 Å². The minimum absolute atomic E-state index is 0.0579. The van der Waals surface area contributed by atoms with E-state index in [-0.39, 0.29) is 24.2 Å². The van der Waals surface area contributed by atoms with E-state index in [1.165, 1.54) is 12.8 Å². The van der Waals surface area contributed by atoms with Crippen molar-refractivity contribution in [3.8, 4) is 0 Å². The third kappa shape index (κ3) is 6.94. The molecule has 0 heterocycles. The molecule has 4 atom stereocenters. The van der Waals surface area contributed by atoms with Crippen molar-refractivity contribution in [1.29, 1.82) is 0 Å². The van der Waals surface area contributed by atoms with Crippen molar-refractivity contribution in [1.82, 2.24) is 0 Å². The fourth-order valence-corrected chi connectivity index (χ4v) is 4.32. The summed E-state index contributed by atoms with van der Waals surface area (Å²) in [7, 11) is 0. The molecule has 0 amide bonds. The van der Waals surface area contributed by atoms with Crippen molar-refractivity contribution in [2.24, 2.45) is 40.6 Å². The van der Waals surface area contributed by atoms with E-state index >= 15 is 0 Å². The van der Waals surface area contributed by atoms with Gasteiger partial charge in [0.25, 0.3) is 0 Å². The maximum atomic E-state index is 10.7. The molecule has 2 aliphatic carbocycles. The average Bonchev–Trinajstić information content (AvgIpc) is 2.78.